The number of hydrogen-bond acceptors (Lipinski definition) is 23. The minimum atomic E-state index is -0.237. The number of aryl methyl sites for hydroxylation is 3. The van der Waals surface area contributed by atoms with E-state index in [2.05, 4.69) is 137 Å². The summed E-state index contributed by atoms with van der Waals surface area (Å²) < 4.78 is 18.8. The summed E-state index contributed by atoms with van der Waals surface area (Å²) in [6, 6.07) is 9.38. The minimum absolute atomic E-state index is 0. The van der Waals surface area contributed by atoms with Crippen molar-refractivity contribution >= 4 is 102 Å². The summed E-state index contributed by atoms with van der Waals surface area (Å²) in [6.07, 6.45) is 16.1. The molecular weight excluding hydrogens is 1240 g/mol. The Balaban J connectivity index is 0.000000159. The summed E-state index contributed by atoms with van der Waals surface area (Å²) in [5.41, 5.74) is 27.0. The van der Waals surface area contributed by atoms with E-state index in [0.717, 1.165) is 44.7 Å². The van der Waals surface area contributed by atoms with Crippen molar-refractivity contribution in [2.24, 2.45) is 4.99 Å². The fourth-order valence-corrected chi connectivity index (χ4v) is 9.73. The Morgan fingerprint density at radius 2 is 0.938 bits per heavy atom. The molecule has 1 aliphatic rings. The summed E-state index contributed by atoms with van der Waals surface area (Å²) in [5.74, 6) is 3.23. The van der Waals surface area contributed by atoms with Crippen LogP contribution in [0.1, 0.15) is 188 Å². The Bertz CT molecular complexity index is 4650. The van der Waals surface area contributed by atoms with Crippen LogP contribution in [0.3, 0.4) is 0 Å². The van der Waals surface area contributed by atoms with Crippen molar-refractivity contribution in [2.45, 2.75) is 181 Å². The number of nitrogens with one attached hydrogen (secondary N) is 2. The van der Waals surface area contributed by atoms with Crippen molar-refractivity contribution in [1.29, 1.82) is 0 Å². The molecule has 14 rings (SSSR count). The first-order valence-corrected chi connectivity index (χ1v) is 31.6. The van der Waals surface area contributed by atoms with Gasteiger partial charge >= 0.3 is 0 Å². The van der Waals surface area contributed by atoms with Gasteiger partial charge in [0.15, 0.2) is 67.6 Å². The number of aliphatic imine (C=N–C) groups is 1. The molecule has 0 amide bonds. The summed E-state index contributed by atoms with van der Waals surface area (Å²) >= 11 is 0. The number of ether oxygens (including phenoxy) is 1. The van der Waals surface area contributed by atoms with Crippen LogP contribution in [0.25, 0.3) is 66.9 Å². The molecule has 32 heteroatoms. The summed E-state index contributed by atoms with van der Waals surface area (Å²) in [4.78, 5) is 90.1. The average molecular weight is 1330 g/mol. The predicted molar refractivity (Wildman–Crippen MR) is 379 cm³/mol. The Morgan fingerprint density at radius 1 is 0.474 bits per heavy atom. The molecule has 0 unspecified atom stereocenters. The number of imidazole rings is 4. The molecule has 1 aliphatic heterocycles. The normalized spacial score (nSPS) is 11.7. The highest BCUT2D eigenvalue weighted by Crippen LogP contribution is 2.28. The highest BCUT2D eigenvalue weighted by Gasteiger charge is 2.22. The van der Waals surface area contributed by atoms with Crippen molar-refractivity contribution in [3.63, 3.8) is 0 Å². The zero-order valence-electron chi connectivity index (χ0n) is 57.6. The number of carbonyl (C=O) groups excluding carboxylic acids is 1. The molecule has 8 N–H and O–H groups in total. The summed E-state index contributed by atoms with van der Waals surface area (Å²) in [6.45, 7) is 36.6. The van der Waals surface area contributed by atoms with E-state index in [-0.39, 0.29) is 42.5 Å². The summed E-state index contributed by atoms with van der Waals surface area (Å²) in [7, 11) is 0. The van der Waals surface area contributed by atoms with Crippen molar-refractivity contribution in [3.8, 4) is 5.88 Å². The quantitative estimate of drug-likeness (QED) is 0.0896. The van der Waals surface area contributed by atoms with Gasteiger partial charge in [0.25, 0.3) is 11.1 Å². The number of anilines is 3. The van der Waals surface area contributed by atoms with Gasteiger partial charge in [0.2, 0.25) is 5.88 Å². The zero-order valence-corrected chi connectivity index (χ0v) is 57.6. The zero-order chi connectivity index (χ0) is 70.0. The highest BCUT2D eigenvalue weighted by atomic mass is 16.5. The second-order valence-corrected chi connectivity index (χ2v) is 24.3. The first kappa shape index (κ1) is 73.2. The molecule has 14 heterocycles. The van der Waals surface area contributed by atoms with E-state index in [0.29, 0.717) is 111 Å². The molecule has 0 bridgehead atoms. The van der Waals surface area contributed by atoms with Crippen LogP contribution < -0.4 is 33.1 Å². The average Bonchev–Trinajstić information content (AvgIpc) is 1.72. The molecule has 32 nitrogen and oxygen atoms in total. The van der Waals surface area contributed by atoms with Crippen LogP contribution in [0.5, 0.6) is 5.88 Å². The van der Waals surface area contributed by atoms with Gasteiger partial charge in [-0.1, -0.05) is 17.9 Å². The van der Waals surface area contributed by atoms with E-state index in [4.69, 9.17) is 21.9 Å². The number of pyridine rings is 3. The lowest BCUT2D eigenvalue weighted by Crippen LogP contribution is -2.11. The lowest BCUT2D eigenvalue weighted by atomic mass is 10.2. The molecule has 0 radical (unpaired) electrons. The molecule has 13 aromatic rings. The fraction of sp³-hybridized carbons (Fsp3) is 0.431. The number of Topliss-reactive ketones (excluding diaryl/α,β-unsaturated/α-hetero) is 1. The van der Waals surface area contributed by atoms with Gasteiger partial charge in [-0.3, -0.25) is 14.4 Å². The van der Waals surface area contributed by atoms with E-state index in [1.54, 1.807) is 85.5 Å². The highest BCUT2D eigenvalue weighted by molar-refractivity contribution is 6.08. The third-order valence-corrected chi connectivity index (χ3v) is 14.6. The SMILES string of the molecule is C.CC(C)n1ccc2c(N)ccnc21.CC(C)n1cnc2c(N)ccnc21.CC(C)n1cnc2c1N=CCC2=O.CC(C)n1nnc2c(N)ccnc21.CCOc1nc(C)nc2c1ncn2C(C)C.Cc1nc2c(ncn2C(C)C)c(=O)[nH]1.Cc1nc2c(nnn2C(C)C)c(=O)[nH]1. The van der Waals surface area contributed by atoms with E-state index in [1.165, 1.54) is 0 Å². The van der Waals surface area contributed by atoms with Gasteiger partial charge in [0.05, 0.1) is 55.4 Å². The van der Waals surface area contributed by atoms with Crippen LogP contribution >= 0.6 is 0 Å². The molecule has 0 spiro atoms. The number of nitrogens with two attached hydrogens (primary N) is 3. The van der Waals surface area contributed by atoms with Gasteiger partial charge in [-0.2, -0.15) is 4.98 Å². The van der Waals surface area contributed by atoms with E-state index in [9.17, 15) is 14.4 Å². The number of nitrogens with zero attached hydrogens (tertiary/aromatic N) is 23. The first-order chi connectivity index (χ1) is 45.6. The van der Waals surface area contributed by atoms with E-state index < -0.39 is 0 Å². The van der Waals surface area contributed by atoms with Gasteiger partial charge in [-0.05, 0) is 149 Å². The lowest BCUT2D eigenvalue weighted by molar-refractivity contribution is 0.0996. The maximum absolute atomic E-state index is 11.5. The third-order valence-electron chi connectivity index (χ3n) is 14.6. The second kappa shape index (κ2) is 31.8. The maximum atomic E-state index is 11.5. The predicted octanol–water partition coefficient (Wildman–Crippen LogP) is 10.7. The van der Waals surface area contributed by atoms with Crippen molar-refractivity contribution in [2.75, 3.05) is 23.8 Å². The Labute approximate surface area is 560 Å². The van der Waals surface area contributed by atoms with Gasteiger partial charge in [0.1, 0.15) is 28.6 Å². The Kier molecular flexibility index (Phi) is 24.0. The number of rotatable bonds is 9. The van der Waals surface area contributed by atoms with Crippen molar-refractivity contribution in [1.82, 2.24) is 118 Å². The van der Waals surface area contributed by atoms with Crippen LogP contribution in [-0.4, -0.2) is 136 Å². The number of hydrogen-bond donors (Lipinski definition) is 5. The molecule has 0 saturated carbocycles. The lowest BCUT2D eigenvalue weighted by Gasteiger charge is -2.10. The first-order valence-electron chi connectivity index (χ1n) is 31.6. The van der Waals surface area contributed by atoms with E-state index >= 15 is 0 Å². The maximum Gasteiger partial charge on any atom is 0.281 e. The smallest absolute Gasteiger partial charge is 0.281 e. The number of aromatic amines is 2. The molecule has 0 aliphatic carbocycles. The molecule has 13 aromatic heterocycles. The number of carbonyl (C=O) groups is 1. The number of aromatic nitrogens is 24. The molecule has 97 heavy (non-hydrogen) atoms. The van der Waals surface area contributed by atoms with Crippen molar-refractivity contribution < 1.29 is 9.53 Å². The number of ketones is 1. The molecule has 0 aromatic carbocycles. The standard InChI is InChI=1S/C11H16N4O.C10H13N3.C9H12N4O.C9H12N4.C9H11N3O.C8H11N5O.C8H11N5.CH4/c1-5-16-11-9-10(13-8(4)14-11)15(6-12-9)7(2)3;1-7(2)13-6-4-8-9(11)3-5-12-10(8)13;1-5(2)13-4-10-7-8(13)11-6(3)12-9(7)14;1-6(2)13-5-12-8-7(10)3-4-11-9(8)13;1-6(2)12-5-11-8-7(13)3-4-10-9(8)12;1-4(2)13-7-6(11-12-13)8(14)10-5(3)9-7;1-5(2)13-8-7(11-12-13)6(9)3-4-10-8;/h6-7H,5H2,1-4H3;3-7H,1-2H3,(H2,11,12);4-5H,1-3H3,(H,11,12,14);3-6H,1-2H3,(H2,10,11);4-6H,3H2,1-2H3;4H,1-3H3,(H,9,10,14);3-5H,1-2H3,(H2,9,10);1H4. The summed E-state index contributed by atoms with van der Waals surface area (Å²) in [5, 5.41) is 16.7. The molecule has 514 valence electrons. The Morgan fingerprint density at radius 3 is 1.51 bits per heavy atom. The topological polar surface area (TPSA) is 410 Å². The van der Waals surface area contributed by atoms with Crippen LogP contribution in [0, 0.1) is 20.8 Å². The number of nitrogen functional groups attached to an aromatic ring is 3. The Hall–Kier alpha value is -11.2. The third kappa shape index (κ3) is 16.7. The minimum Gasteiger partial charge on any atom is -0.476 e. The molecule has 0 saturated heterocycles. The van der Waals surface area contributed by atoms with Gasteiger partial charge in [-0.25, -0.2) is 64.2 Å². The van der Waals surface area contributed by atoms with Gasteiger partial charge in [-0.15, -0.1) is 10.2 Å². The second-order valence-electron chi connectivity index (χ2n) is 24.3. The van der Waals surface area contributed by atoms with E-state index in [1.807, 2.05) is 106 Å². The van der Waals surface area contributed by atoms with Crippen LogP contribution in [0.4, 0.5) is 22.9 Å². The van der Waals surface area contributed by atoms with Gasteiger partial charge in [0, 0.05) is 78.7 Å². The molecule has 0 fully saturated rings. The largest absolute Gasteiger partial charge is 0.476 e. The van der Waals surface area contributed by atoms with Crippen LogP contribution in [0.15, 0.2) is 88.9 Å². The van der Waals surface area contributed by atoms with Crippen LogP contribution in [-0.2, 0) is 0 Å². The van der Waals surface area contributed by atoms with Crippen molar-refractivity contribution in [3.05, 3.63) is 118 Å². The molecular formula is C65H90N28O4. The fourth-order valence-electron chi connectivity index (χ4n) is 9.73. The monoisotopic (exact) mass is 1330 g/mol. The number of H-pyrrole nitrogens is 2. The van der Waals surface area contributed by atoms with Gasteiger partial charge < -0.3 is 54.7 Å². The molecule has 0 atom stereocenters. The van der Waals surface area contributed by atoms with Crippen LogP contribution in [0.2, 0.25) is 0 Å². The number of fused-ring (bicyclic) bond motifs is 7.